The molecule has 3 aromatic heterocycles. The molecule has 166 valence electrons. The molecule has 0 bridgehead atoms. The maximum atomic E-state index is 13.3. The fourth-order valence-corrected chi connectivity index (χ4v) is 4.51. The van der Waals surface area contributed by atoms with E-state index >= 15 is 0 Å². The van der Waals surface area contributed by atoms with Crippen LogP contribution in [0.15, 0.2) is 47.7 Å². The molecular weight excluding hydrogens is 408 g/mol. The first-order valence-electron chi connectivity index (χ1n) is 10.8. The zero-order valence-electron chi connectivity index (χ0n) is 18.5. The Bertz CT molecular complexity index is 1300. The number of methoxy groups -OCH3 is 1. The number of rotatable bonds is 5. The van der Waals surface area contributed by atoms with Gasteiger partial charge in [-0.1, -0.05) is 12.1 Å². The number of fused-ring (bicyclic) bond motifs is 3. The molecule has 2 atom stereocenters. The Labute approximate surface area is 185 Å². The third-order valence-electron chi connectivity index (χ3n) is 5.84. The van der Waals surface area contributed by atoms with E-state index in [1.54, 1.807) is 11.7 Å². The minimum absolute atomic E-state index is 0.196. The molecule has 32 heavy (non-hydrogen) atoms. The predicted octanol–water partition coefficient (Wildman–Crippen LogP) is 1.52. The van der Waals surface area contributed by atoms with Crippen LogP contribution < -0.4 is 15.4 Å². The van der Waals surface area contributed by atoms with Crippen LogP contribution in [-0.4, -0.2) is 56.5 Å². The average Bonchev–Trinajstić information content (AvgIpc) is 3.27. The minimum Gasteiger partial charge on any atom is -0.497 e. The van der Waals surface area contributed by atoms with Crippen LogP contribution in [0.25, 0.3) is 16.7 Å². The van der Waals surface area contributed by atoms with Crippen LogP contribution in [0.3, 0.4) is 0 Å². The van der Waals surface area contributed by atoms with Crippen molar-refractivity contribution >= 4 is 16.7 Å². The second kappa shape index (κ2) is 8.33. The lowest BCUT2D eigenvalue weighted by molar-refractivity contribution is -0.345. The summed E-state index contributed by atoms with van der Waals surface area (Å²) in [7, 11) is 1.64. The van der Waals surface area contributed by atoms with Gasteiger partial charge in [-0.2, -0.15) is 0 Å². The van der Waals surface area contributed by atoms with Crippen molar-refractivity contribution in [3.63, 3.8) is 0 Å². The van der Waals surface area contributed by atoms with Gasteiger partial charge in [0.05, 0.1) is 31.4 Å². The zero-order valence-corrected chi connectivity index (χ0v) is 18.5. The number of benzene rings is 1. The number of aromatic nitrogens is 5. The van der Waals surface area contributed by atoms with Crippen molar-refractivity contribution in [3.05, 3.63) is 64.5 Å². The molecule has 4 heterocycles. The summed E-state index contributed by atoms with van der Waals surface area (Å²) in [4.78, 5) is 23.4. The summed E-state index contributed by atoms with van der Waals surface area (Å²) in [6.07, 6.45) is 3.79. The largest absolute Gasteiger partial charge is 0.497 e. The number of morpholine rings is 1. The highest BCUT2D eigenvalue weighted by Gasteiger charge is 2.24. The van der Waals surface area contributed by atoms with Crippen molar-refractivity contribution in [2.24, 2.45) is 0 Å². The molecule has 9 heteroatoms. The first kappa shape index (κ1) is 20.6. The van der Waals surface area contributed by atoms with Crippen molar-refractivity contribution in [2.45, 2.75) is 39.1 Å². The van der Waals surface area contributed by atoms with Crippen LogP contribution in [0.2, 0.25) is 0 Å². The first-order valence-corrected chi connectivity index (χ1v) is 10.8. The van der Waals surface area contributed by atoms with Crippen molar-refractivity contribution in [1.82, 2.24) is 24.1 Å². The standard InChI is InChI=1S/C23H26N6O3/c1-15-10-27(11-16(2)32-15)12-18-8-20-21(24-9-18)22-25-14-26-29(22)23(30)28(20)13-17-4-6-19(31-3)7-5-17/h4-9,14-16H,10-13H2,1-3H3/p+1/t15-,16+. The van der Waals surface area contributed by atoms with E-state index in [0.29, 0.717) is 17.7 Å². The Morgan fingerprint density at radius 3 is 2.59 bits per heavy atom. The Kier molecular flexibility index (Phi) is 5.36. The predicted molar refractivity (Wildman–Crippen MR) is 119 cm³/mol. The SMILES string of the molecule is COc1ccc(Cn2c(=O)n3nc[nH+]c3c3ncc(CN4C[C@@H](C)O[C@@H](C)C4)cc32)cc1. The number of hydrogen-bond donors (Lipinski definition) is 0. The van der Waals surface area contributed by atoms with Gasteiger partial charge in [0.25, 0.3) is 12.0 Å². The van der Waals surface area contributed by atoms with Gasteiger partial charge in [0.15, 0.2) is 5.52 Å². The van der Waals surface area contributed by atoms with Crippen LogP contribution in [0.4, 0.5) is 0 Å². The van der Waals surface area contributed by atoms with Gasteiger partial charge >= 0.3 is 5.69 Å². The molecular formula is C23H27N6O3+. The maximum absolute atomic E-state index is 13.3. The molecule has 0 radical (unpaired) electrons. The quantitative estimate of drug-likeness (QED) is 0.472. The zero-order chi connectivity index (χ0) is 22.2. The summed E-state index contributed by atoms with van der Waals surface area (Å²) in [6, 6.07) is 9.79. The molecule has 4 aromatic rings. The summed E-state index contributed by atoms with van der Waals surface area (Å²) in [5, 5.41) is 4.18. The summed E-state index contributed by atoms with van der Waals surface area (Å²) < 4.78 is 14.2. The Morgan fingerprint density at radius 1 is 1.12 bits per heavy atom. The third kappa shape index (κ3) is 3.85. The maximum Gasteiger partial charge on any atom is 0.423 e. The van der Waals surface area contributed by atoms with Gasteiger partial charge in [-0.15, -0.1) is 0 Å². The lowest BCUT2D eigenvalue weighted by atomic mass is 10.1. The molecule has 0 unspecified atom stereocenters. The van der Waals surface area contributed by atoms with E-state index in [1.165, 1.54) is 10.8 Å². The van der Waals surface area contributed by atoms with Gasteiger partial charge in [0.2, 0.25) is 0 Å². The van der Waals surface area contributed by atoms with E-state index in [0.717, 1.165) is 42.0 Å². The Morgan fingerprint density at radius 2 is 1.88 bits per heavy atom. The van der Waals surface area contributed by atoms with Crippen molar-refractivity contribution in [2.75, 3.05) is 20.2 Å². The highest BCUT2D eigenvalue weighted by atomic mass is 16.5. The molecule has 1 aromatic carbocycles. The first-order chi connectivity index (χ1) is 15.5. The molecule has 1 aliphatic heterocycles. The van der Waals surface area contributed by atoms with Gasteiger partial charge in [-0.25, -0.2) is 14.8 Å². The van der Waals surface area contributed by atoms with E-state index in [4.69, 9.17) is 14.5 Å². The second-order valence-corrected chi connectivity index (χ2v) is 8.43. The van der Waals surface area contributed by atoms with Crippen molar-refractivity contribution in [1.29, 1.82) is 0 Å². The van der Waals surface area contributed by atoms with E-state index in [9.17, 15) is 4.79 Å². The molecule has 0 saturated carbocycles. The monoisotopic (exact) mass is 435 g/mol. The minimum atomic E-state index is -0.211. The van der Waals surface area contributed by atoms with Crippen LogP contribution in [0.1, 0.15) is 25.0 Å². The van der Waals surface area contributed by atoms with Crippen LogP contribution >= 0.6 is 0 Å². The topological polar surface area (TPSA) is 88.0 Å². The Balaban J connectivity index is 1.57. The van der Waals surface area contributed by atoms with Crippen LogP contribution in [0.5, 0.6) is 5.75 Å². The van der Waals surface area contributed by atoms with E-state index in [2.05, 4.69) is 34.9 Å². The fraction of sp³-hybridized carbons (Fsp3) is 0.391. The van der Waals surface area contributed by atoms with Gasteiger partial charge < -0.3 is 9.47 Å². The average molecular weight is 436 g/mol. The number of pyridine rings is 1. The smallest absolute Gasteiger partial charge is 0.423 e. The second-order valence-electron chi connectivity index (χ2n) is 8.43. The molecule has 1 saturated heterocycles. The van der Waals surface area contributed by atoms with Crippen molar-refractivity contribution in [3.8, 4) is 5.75 Å². The van der Waals surface area contributed by atoms with E-state index < -0.39 is 0 Å². The molecule has 1 N–H and O–H groups in total. The molecule has 9 nitrogen and oxygen atoms in total. The van der Waals surface area contributed by atoms with Gasteiger partial charge in [0.1, 0.15) is 5.75 Å². The lowest BCUT2D eigenvalue weighted by Crippen LogP contribution is -2.44. The van der Waals surface area contributed by atoms with Gasteiger partial charge in [-0.05, 0) is 47.7 Å². The molecule has 1 aliphatic rings. The fourth-order valence-electron chi connectivity index (χ4n) is 4.51. The van der Waals surface area contributed by atoms with Gasteiger partial charge in [0, 0.05) is 30.9 Å². The number of nitrogens with zero attached hydrogens (tertiary/aromatic N) is 5. The molecule has 0 spiro atoms. The third-order valence-corrected chi connectivity index (χ3v) is 5.84. The normalized spacial score (nSPS) is 19.6. The van der Waals surface area contributed by atoms with E-state index in [-0.39, 0.29) is 17.9 Å². The number of H-pyrrole nitrogens is 1. The number of aromatic amines is 1. The molecule has 0 aliphatic carbocycles. The van der Waals surface area contributed by atoms with Gasteiger partial charge in [-0.3, -0.25) is 9.47 Å². The highest BCUT2D eigenvalue weighted by Crippen LogP contribution is 2.20. The van der Waals surface area contributed by atoms with Crippen LogP contribution in [0, 0.1) is 0 Å². The number of nitrogens with one attached hydrogen (secondary N) is 1. The number of ether oxygens (including phenoxy) is 2. The highest BCUT2D eigenvalue weighted by molar-refractivity contribution is 5.86. The Hall–Kier alpha value is -3.30. The summed E-state index contributed by atoms with van der Waals surface area (Å²) in [5.74, 6) is 0.779. The molecule has 1 fully saturated rings. The van der Waals surface area contributed by atoms with E-state index in [1.807, 2.05) is 30.5 Å². The van der Waals surface area contributed by atoms with Crippen LogP contribution in [-0.2, 0) is 17.8 Å². The molecule has 5 rings (SSSR count). The van der Waals surface area contributed by atoms with Crippen molar-refractivity contribution < 1.29 is 14.5 Å². The molecule has 0 amide bonds. The number of hydrogen-bond acceptors (Lipinski definition) is 6. The summed E-state index contributed by atoms with van der Waals surface area (Å²) in [5.41, 5.74) is 3.93. The summed E-state index contributed by atoms with van der Waals surface area (Å²) >= 11 is 0. The lowest BCUT2D eigenvalue weighted by Gasteiger charge is -2.35. The summed E-state index contributed by atoms with van der Waals surface area (Å²) in [6.45, 7) is 7.10.